The van der Waals surface area contributed by atoms with Crippen molar-refractivity contribution in [3.63, 3.8) is 0 Å². The minimum absolute atomic E-state index is 0.189. The average Bonchev–Trinajstić information content (AvgIpc) is 3.19. The number of benzene rings is 1. The molecule has 1 saturated carbocycles. The Morgan fingerprint density at radius 2 is 2.10 bits per heavy atom. The summed E-state index contributed by atoms with van der Waals surface area (Å²) in [6.45, 7) is 2.06. The molecule has 1 atom stereocenters. The van der Waals surface area contributed by atoms with E-state index in [1.165, 1.54) is 6.07 Å². The van der Waals surface area contributed by atoms with E-state index in [4.69, 9.17) is 5.73 Å². The highest BCUT2D eigenvalue weighted by Crippen LogP contribution is 2.49. The molecule has 0 radical (unpaired) electrons. The van der Waals surface area contributed by atoms with Gasteiger partial charge in [-0.3, -0.25) is 4.79 Å². The second-order valence-electron chi connectivity index (χ2n) is 5.27. The van der Waals surface area contributed by atoms with Crippen molar-refractivity contribution in [1.29, 1.82) is 0 Å². The highest BCUT2D eigenvalue weighted by atomic mass is 19.4. The Labute approximate surface area is 115 Å². The van der Waals surface area contributed by atoms with E-state index < -0.39 is 17.2 Å². The van der Waals surface area contributed by atoms with Crippen LogP contribution >= 0.6 is 0 Å². The maximum absolute atomic E-state index is 12.7. The second-order valence-corrected chi connectivity index (χ2v) is 5.27. The first-order valence-electron chi connectivity index (χ1n) is 6.48. The lowest BCUT2D eigenvalue weighted by atomic mass is 9.93. The van der Waals surface area contributed by atoms with Crippen molar-refractivity contribution in [2.75, 3.05) is 6.54 Å². The number of rotatable bonds is 4. The Morgan fingerprint density at radius 3 is 2.60 bits per heavy atom. The van der Waals surface area contributed by atoms with Gasteiger partial charge in [0.2, 0.25) is 5.91 Å². The predicted octanol–water partition coefficient (Wildman–Crippen LogP) is 2.20. The van der Waals surface area contributed by atoms with Gasteiger partial charge in [-0.2, -0.15) is 13.2 Å². The summed E-state index contributed by atoms with van der Waals surface area (Å²) in [5, 5.41) is 2.74. The van der Waals surface area contributed by atoms with Gasteiger partial charge >= 0.3 is 6.18 Å². The maximum Gasteiger partial charge on any atom is 0.416 e. The van der Waals surface area contributed by atoms with Gasteiger partial charge in [-0.1, -0.05) is 18.2 Å². The quantitative estimate of drug-likeness (QED) is 0.891. The lowest BCUT2D eigenvalue weighted by Crippen LogP contribution is -2.43. The Hall–Kier alpha value is -1.56. The maximum atomic E-state index is 12.7. The van der Waals surface area contributed by atoms with E-state index in [2.05, 4.69) is 5.32 Å². The molecule has 1 aliphatic carbocycles. The molecule has 0 bridgehead atoms. The summed E-state index contributed by atoms with van der Waals surface area (Å²) in [6.07, 6.45) is -3.26. The number of nitrogens with two attached hydrogens (primary N) is 1. The zero-order valence-electron chi connectivity index (χ0n) is 11.1. The Kier molecular flexibility index (Phi) is 3.77. The van der Waals surface area contributed by atoms with Gasteiger partial charge in [0.15, 0.2) is 0 Å². The summed E-state index contributed by atoms with van der Waals surface area (Å²) in [7, 11) is 0. The third kappa shape index (κ3) is 2.80. The van der Waals surface area contributed by atoms with E-state index in [1.54, 1.807) is 13.0 Å². The standard InChI is InChI=1S/C14H17F3N2O/c1-9(8-18)19-12(20)13(5-6-13)10-3-2-4-11(7-10)14(15,16)17/h2-4,7,9H,5-6,8,18H2,1H3,(H,19,20)/t9-/m0/s1. The van der Waals surface area contributed by atoms with Crippen LogP contribution in [0.5, 0.6) is 0 Å². The molecule has 0 heterocycles. The number of carbonyl (C=O) groups is 1. The number of halogens is 3. The molecule has 1 fully saturated rings. The van der Waals surface area contributed by atoms with Gasteiger partial charge in [-0.05, 0) is 31.4 Å². The van der Waals surface area contributed by atoms with Crippen LogP contribution in [-0.2, 0) is 16.4 Å². The van der Waals surface area contributed by atoms with Crippen LogP contribution in [0, 0.1) is 0 Å². The average molecular weight is 286 g/mol. The Bertz CT molecular complexity index is 509. The monoisotopic (exact) mass is 286 g/mol. The van der Waals surface area contributed by atoms with Crippen LogP contribution in [0.15, 0.2) is 24.3 Å². The van der Waals surface area contributed by atoms with Crippen LogP contribution < -0.4 is 11.1 Å². The van der Waals surface area contributed by atoms with E-state index in [1.807, 2.05) is 0 Å². The molecule has 20 heavy (non-hydrogen) atoms. The first-order chi connectivity index (χ1) is 9.29. The lowest BCUT2D eigenvalue weighted by molar-refractivity contribution is -0.137. The highest BCUT2D eigenvalue weighted by molar-refractivity contribution is 5.91. The third-order valence-electron chi connectivity index (χ3n) is 3.66. The van der Waals surface area contributed by atoms with Crippen LogP contribution in [0.3, 0.4) is 0 Å². The summed E-state index contributed by atoms with van der Waals surface area (Å²) >= 11 is 0. The number of nitrogens with one attached hydrogen (secondary N) is 1. The van der Waals surface area contributed by atoms with Gasteiger partial charge in [-0.15, -0.1) is 0 Å². The molecule has 3 N–H and O–H groups in total. The molecule has 1 amide bonds. The molecular weight excluding hydrogens is 269 g/mol. The highest BCUT2D eigenvalue weighted by Gasteiger charge is 2.51. The van der Waals surface area contributed by atoms with Gasteiger partial charge in [0, 0.05) is 12.6 Å². The molecule has 0 spiro atoms. The zero-order valence-corrected chi connectivity index (χ0v) is 11.1. The molecule has 3 nitrogen and oxygen atoms in total. The van der Waals surface area contributed by atoms with Crippen LogP contribution in [0.4, 0.5) is 13.2 Å². The van der Waals surface area contributed by atoms with E-state index in [0.29, 0.717) is 24.9 Å². The first kappa shape index (κ1) is 14.8. The first-order valence-corrected chi connectivity index (χ1v) is 6.48. The Morgan fingerprint density at radius 1 is 1.45 bits per heavy atom. The van der Waals surface area contributed by atoms with Crippen molar-refractivity contribution in [3.8, 4) is 0 Å². The van der Waals surface area contributed by atoms with Crippen LogP contribution in [0.25, 0.3) is 0 Å². The number of hydrogen-bond donors (Lipinski definition) is 2. The summed E-state index contributed by atoms with van der Waals surface area (Å²) in [5.41, 5.74) is 4.33. The molecule has 1 aliphatic rings. The fourth-order valence-electron chi connectivity index (χ4n) is 2.19. The summed E-state index contributed by atoms with van der Waals surface area (Å²) < 4.78 is 38.2. The predicted molar refractivity (Wildman–Crippen MR) is 69.0 cm³/mol. The topological polar surface area (TPSA) is 55.1 Å². The summed E-state index contributed by atoms with van der Waals surface area (Å²) in [4.78, 5) is 12.2. The van der Waals surface area contributed by atoms with Crippen LogP contribution in [0.1, 0.15) is 30.9 Å². The number of amides is 1. The Balaban J connectivity index is 2.25. The van der Waals surface area contributed by atoms with E-state index in [-0.39, 0.29) is 11.9 Å². The summed E-state index contributed by atoms with van der Waals surface area (Å²) in [5.74, 6) is -0.241. The van der Waals surface area contributed by atoms with E-state index in [9.17, 15) is 18.0 Å². The van der Waals surface area contributed by atoms with Crippen molar-refractivity contribution in [3.05, 3.63) is 35.4 Å². The zero-order chi connectivity index (χ0) is 15.0. The molecular formula is C14H17F3N2O. The van der Waals surface area contributed by atoms with Crippen molar-refractivity contribution in [2.45, 2.75) is 37.4 Å². The van der Waals surface area contributed by atoms with Crippen LogP contribution in [-0.4, -0.2) is 18.5 Å². The largest absolute Gasteiger partial charge is 0.416 e. The molecule has 2 rings (SSSR count). The van der Waals surface area contributed by atoms with Crippen molar-refractivity contribution in [2.24, 2.45) is 5.73 Å². The third-order valence-corrected chi connectivity index (χ3v) is 3.66. The fraction of sp³-hybridized carbons (Fsp3) is 0.500. The fourth-order valence-corrected chi connectivity index (χ4v) is 2.19. The summed E-state index contributed by atoms with van der Waals surface area (Å²) in [6, 6.07) is 4.82. The molecule has 6 heteroatoms. The van der Waals surface area contributed by atoms with Gasteiger partial charge in [0.1, 0.15) is 0 Å². The number of hydrogen-bond acceptors (Lipinski definition) is 2. The van der Waals surface area contributed by atoms with Crippen LogP contribution in [0.2, 0.25) is 0 Å². The normalized spacial score (nSPS) is 18.4. The second kappa shape index (κ2) is 5.09. The molecule has 0 unspecified atom stereocenters. The van der Waals surface area contributed by atoms with Crippen molar-refractivity contribution in [1.82, 2.24) is 5.32 Å². The smallest absolute Gasteiger partial charge is 0.352 e. The molecule has 0 aromatic heterocycles. The molecule has 110 valence electrons. The number of carbonyl (C=O) groups excluding carboxylic acids is 1. The van der Waals surface area contributed by atoms with E-state index >= 15 is 0 Å². The molecule has 1 aromatic carbocycles. The van der Waals surface area contributed by atoms with Gasteiger partial charge in [-0.25, -0.2) is 0 Å². The SMILES string of the molecule is C[C@@H](CN)NC(=O)C1(c2cccc(C(F)(F)F)c2)CC1. The lowest BCUT2D eigenvalue weighted by Gasteiger charge is -2.20. The van der Waals surface area contributed by atoms with E-state index in [0.717, 1.165) is 12.1 Å². The molecule has 1 aromatic rings. The minimum atomic E-state index is -4.40. The number of alkyl halides is 3. The van der Waals surface area contributed by atoms with Gasteiger partial charge in [0.05, 0.1) is 11.0 Å². The van der Waals surface area contributed by atoms with Gasteiger partial charge in [0.25, 0.3) is 0 Å². The minimum Gasteiger partial charge on any atom is -0.352 e. The molecule has 0 saturated heterocycles. The van der Waals surface area contributed by atoms with Crippen molar-refractivity contribution < 1.29 is 18.0 Å². The molecule has 0 aliphatic heterocycles. The van der Waals surface area contributed by atoms with Crippen molar-refractivity contribution >= 4 is 5.91 Å². The van der Waals surface area contributed by atoms with Gasteiger partial charge < -0.3 is 11.1 Å².